The van der Waals surface area contributed by atoms with Gasteiger partial charge in [-0.3, -0.25) is 0 Å². The number of fused-ring (bicyclic) bond motifs is 3. The molecule has 0 radical (unpaired) electrons. The minimum atomic E-state index is -0.902. The standard InChI is InChI=1S/C22H27BrNO.BrH/c23-14-18-24-15-11-21(12-16-24,13-17-24)22(25,19-7-3-1-4-8-19)20-9-5-2-6-10-20;/h1-10,25H,11-18H2;1H/q+1;/p-1. The molecule has 0 aliphatic carbocycles. The number of aliphatic hydroxyl groups is 1. The van der Waals surface area contributed by atoms with E-state index < -0.39 is 5.60 Å². The molecule has 2 aromatic carbocycles. The zero-order valence-electron chi connectivity index (χ0n) is 15.1. The van der Waals surface area contributed by atoms with Crippen molar-refractivity contribution in [2.75, 3.05) is 31.5 Å². The predicted octanol–water partition coefficient (Wildman–Crippen LogP) is 1.32. The number of hydrogen-bond donors (Lipinski definition) is 1. The molecule has 3 heterocycles. The average Bonchev–Trinajstić information content (AvgIpc) is 2.70. The van der Waals surface area contributed by atoms with Crippen LogP contribution in [-0.2, 0) is 5.60 Å². The number of quaternary nitrogens is 1. The first-order valence-electron chi connectivity index (χ1n) is 9.39. The molecule has 0 unspecified atom stereocenters. The Morgan fingerprint density at radius 2 is 1.27 bits per heavy atom. The second kappa shape index (κ2) is 7.75. The molecule has 140 valence electrons. The number of halogens is 2. The number of hydrogen-bond acceptors (Lipinski definition) is 1. The summed E-state index contributed by atoms with van der Waals surface area (Å²) in [6, 6.07) is 20.7. The predicted molar refractivity (Wildman–Crippen MR) is 106 cm³/mol. The summed E-state index contributed by atoms with van der Waals surface area (Å²) in [7, 11) is 0. The van der Waals surface area contributed by atoms with Crippen molar-refractivity contribution in [3.63, 3.8) is 0 Å². The lowest BCUT2D eigenvalue weighted by Crippen LogP contribution is -3.00. The lowest BCUT2D eigenvalue weighted by atomic mass is 9.56. The molecule has 3 fully saturated rings. The van der Waals surface area contributed by atoms with Crippen LogP contribution in [0.15, 0.2) is 60.7 Å². The highest BCUT2D eigenvalue weighted by molar-refractivity contribution is 9.09. The molecule has 0 atom stereocenters. The van der Waals surface area contributed by atoms with E-state index in [-0.39, 0.29) is 22.4 Å². The van der Waals surface area contributed by atoms with E-state index in [9.17, 15) is 5.11 Å². The van der Waals surface area contributed by atoms with Gasteiger partial charge in [-0.25, -0.2) is 0 Å². The summed E-state index contributed by atoms with van der Waals surface area (Å²) in [4.78, 5) is 0. The summed E-state index contributed by atoms with van der Waals surface area (Å²) in [5, 5.41) is 13.3. The van der Waals surface area contributed by atoms with Crippen LogP contribution >= 0.6 is 15.9 Å². The maximum atomic E-state index is 12.3. The van der Waals surface area contributed by atoms with Gasteiger partial charge in [0.25, 0.3) is 0 Å². The third-order valence-electron chi connectivity index (χ3n) is 6.90. The quantitative estimate of drug-likeness (QED) is 0.505. The number of benzene rings is 2. The van der Waals surface area contributed by atoms with Crippen LogP contribution in [0.2, 0.25) is 0 Å². The summed E-state index contributed by atoms with van der Waals surface area (Å²) in [6.45, 7) is 4.78. The molecular formula is C22H27Br2NO. The molecule has 2 bridgehead atoms. The lowest BCUT2D eigenvalue weighted by Gasteiger charge is -2.60. The second-order valence-corrected chi connectivity index (χ2v) is 8.69. The number of nitrogens with zero attached hydrogens (tertiary/aromatic N) is 1. The molecule has 26 heavy (non-hydrogen) atoms. The van der Waals surface area contributed by atoms with Gasteiger partial charge in [-0.05, 0) is 11.1 Å². The second-order valence-electron chi connectivity index (χ2n) is 7.90. The third kappa shape index (κ3) is 3.09. The van der Waals surface area contributed by atoms with Crippen LogP contribution in [0.4, 0.5) is 0 Å². The monoisotopic (exact) mass is 479 g/mol. The molecule has 3 saturated heterocycles. The molecule has 3 aliphatic rings. The van der Waals surface area contributed by atoms with E-state index >= 15 is 0 Å². The first kappa shape index (κ1) is 20.1. The Hall–Kier alpha value is -0.680. The topological polar surface area (TPSA) is 20.2 Å². The van der Waals surface area contributed by atoms with Gasteiger partial charge in [-0.2, -0.15) is 0 Å². The first-order valence-corrected chi connectivity index (χ1v) is 10.5. The summed E-state index contributed by atoms with van der Waals surface area (Å²) in [6.07, 6.45) is 3.29. The fourth-order valence-corrected chi connectivity index (χ4v) is 6.01. The van der Waals surface area contributed by atoms with Crippen LogP contribution in [0.3, 0.4) is 0 Å². The maximum absolute atomic E-state index is 12.3. The van der Waals surface area contributed by atoms with E-state index in [0.717, 1.165) is 35.7 Å². The van der Waals surface area contributed by atoms with Crippen molar-refractivity contribution in [3.8, 4) is 0 Å². The van der Waals surface area contributed by atoms with Crippen LogP contribution < -0.4 is 17.0 Å². The van der Waals surface area contributed by atoms with Gasteiger partial charge in [0.05, 0.1) is 31.5 Å². The molecule has 5 rings (SSSR count). The molecule has 0 aromatic heterocycles. The highest BCUT2D eigenvalue weighted by Crippen LogP contribution is 2.57. The van der Waals surface area contributed by atoms with Crippen LogP contribution in [0.25, 0.3) is 0 Å². The van der Waals surface area contributed by atoms with E-state index in [0.29, 0.717) is 0 Å². The third-order valence-corrected chi connectivity index (χ3v) is 7.26. The Morgan fingerprint density at radius 3 is 1.65 bits per heavy atom. The first-order chi connectivity index (χ1) is 12.1. The van der Waals surface area contributed by atoms with Crippen LogP contribution in [0.5, 0.6) is 0 Å². The van der Waals surface area contributed by atoms with Crippen molar-refractivity contribution in [2.24, 2.45) is 5.41 Å². The minimum Gasteiger partial charge on any atom is -1.00 e. The highest BCUT2D eigenvalue weighted by atomic mass is 79.9. The summed E-state index contributed by atoms with van der Waals surface area (Å²) in [5.74, 6) is 0. The van der Waals surface area contributed by atoms with Gasteiger partial charge in [0.1, 0.15) is 5.60 Å². The SMILES string of the molecule is OC(c1ccccc1)(c1ccccc1)C12CC[N+](CCBr)(CC1)CC2.[Br-]. The van der Waals surface area contributed by atoms with Crippen molar-refractivity contribution in [3.05, 3.63) is 71.8 Å². The van der Waals surface area contributed by atoms with Gasteiger partial charge in [-0.15, -0.1) is 0 Å². The van der Waals surface area contributed by atoms with E-state index in [1.54, 1.807) is 0 Å². The van der Waals surface area contributed by atoms with Crippen molar-refractivity contribution in [2.45, 2.75) is 24.9 Å². The lowest BCUT2D eigenvalue weighted by molar-refractivity contribution is -0.944. The van der Waals surface area contributed by atoms with Crippen molar-refractivity contribution < 1.29 is 26.6 Å². The van der Waals surface area contributed by atoms with Crippen molar-refractivity contribution in [1.82, 2.24) is 0 Å². The van der Waals surface area contributed by atoms with Crippen LogP contribution in [-0.4, -0.2) is 41.1 Å². The molecule has 0 spiro atoms. The normalized spacial score (nSPS) is 27.8. The zero-order valence-corrected chi connectivity index (χ0v) is 18.3. The Labute approximate surface area is 175 Å². The van der Waals surface area contributed by atoms with Crippen LogP contribution in [0, 0.1) is 5.41 Å². The average molecular weight is 481 g/mol. The molecule has 4 heteroatoms. The summed E-state index contributed by atoms with van der Waals surface area (Å²) >= 11 is 3.64. The Morgan fingerprint density at radius 1 is 0.846 bits per heavy atom. The Kier molecular flexibility index (Phi) is 5.98. The Balaban J connectivity index is 0.00000196. The molecule has 1 N–H and O–H groups in total. The maximum Gasteiger partial charge on any atom is 0.121 e. The number of alkyl halides is 1. The fourth-order valence-electron chi connectivity index (χ4n) is 5.26. The molecule has 2 nitrogen and oxygen atoms in total. The van der Waals surface area contributed by atoms with Gasteiger partial charge >= 0.3 is 0 Å². The summed E-state index contributed by atoms with van der Waals surface area (Å²) < 4.78 is 1.23. The van der Waals surface area contributed by atoms with Gasteiger partial charge in [0.2, 0.25) is 0 Å². The van der Waals surface area contributed by atoms with Crippen LogP contribution in [0.1, 0.15) is 30.4 Å². The molecule has 0 saturated carbocycles. The zero-order chi connectivity index (χ0) is 17.4. The van der Waals surface area contributed by atoms with E-state index in [1.807, 2.05) is 12.1 Å². The van der Waals surface area contributed by atoms with Gasteiger partial charge in [0.15, 0.2) is 0 Å². The highest BCUT2D eigenvalue weighted by Gasteiger charge is 2.60. The van der Waals surface area contributed by atoms with Gasteiger partial charge in [-0.1, -0.05) is 76.6 Å². The molecular weight excluding hydrogens is 454 g/mol. The van der Waals surface area contributed by atoms with E-state index in [4.69, 9.17) is 0 Å². The largest absolute Gasteiger partial charge is 1.00 e. The van der Waals surface area contributed by atoms with Gasteiger partial charge in [0, 0.05) is 24.7 Å². The summed E-state index contributed by atoms with van der Waals surface area (Å²) in [5.41, 5.74) is 1.13. The minimum absolute atomic E-state index is 0. The molecule has 0 amide bonds. The van der Waals surface area contributed by atoms with Crippen molar-refractivity contribution in [1.29, 1.82) is 0 Å². The van der Waals surface area contributed by atoms with Crippen molar-refractivity contribution >= 4 is 15.9 Å². The smallest absolute Gasteiger partial charge is 0.121 e. The van der Waals surface area contributed by atoms with E-state index in [2.05, 4.69) is 64.5 Å². The van der Waals surface area contributed by atoms with E-state index in [1.165, 1.54) is 30.7 Å². The van der Waals surface area contributed by atoms with Gasteiger partial charge < -0.3 is 26.6 Å². The molecule has 2 aromatic rings. The number of piperidine rings is 3. The molecule has 3 aliphatic heterocycles. The Bertz CT molecular complexity index is 655. The number of rotatable bonds is 5. The fraction of sp³-hybridized carbons (Fsp3) is 0.455.